The lowest BCUT2D eigenvalue weighted by molar-refractivity contribution is -0.0378. The molecular formula is C17H24O4. The van der Waals surface area contributed by atoms with Gasteiger partial charge < -0.3 is 14.9 Å². The van der Waals surface area contributed by atoms with Crippen LogP contribution < -0.4 is 4.74 Å². The quantitative estimate of drug-likeness (QED) is 0.818. The number of phenolic OH excluding ortho intramolecular Hbond substituents is 1. The van der Waals surface area contributed by atoms with Crippen molar-refractivity contribution >= 4 is 6.29 Å². The highest BCUT2D eigenvalue weighted by Crippen LogP contribution is 2.38. The molecule has 1 aromatic rings. The van der Waals surface area contributed by atoms with E-state index < -0.39 is 5.60 Å². The van der Waals surface area contributed by atoms with Gasteiger partial charge in [-0.1, -0.05) is 18.9 Å². The van der Waals surface area contributed by atoms with Crippen LogP contribution in [0.3, 0.4) is 0 Å². The zero-order chi connectivity index (χ0) is 15.5. The first-order chi connectivity index (χ1) is 9.93. The molecule has 2 rings (SSSR count). The van der Waals surface area contributed by atoms with E-state index in [0.717, 1.165) is 25.7 Å². The number of hydrogen-bond donors (Lipinski definition) is 2. The van der Waals surface area contributed by atoms with Gasteiger partial charge in [0.2, 0.25) is 0 Å². The second kappa shape index (κ2) is 6.48. The summed E-state index contributed by atoms with van der Waals surface area (Å²) in [5.74, 6) is 0.805. The Morgan fingerprint density at radius 1 is 1.33 bits per heavy atom. The Morgan fingerprint density at radius 3 is 2.71 bits per heavy atom. The maximum atomic E-state index is 11.0. The van der Waals surface area contributed by atoms with Crippen molar-refractivity contribution in [3.8, 4) is 11.5 Å². The number of aldehydes is 1. The van der Waals surface area contributed by atoms with Crippen molar-refractivity contribution in [2.24, 2.45) is 11.8 Å². The van der Waals surface area contributed by atoms with Crippen LogP contribution in [0.25, 0.3) is 0 Å². The van der Waals surface area contributed by atoms with Crippen LogP contribution in [0.5, 0.6) is 11.5 Å². The Hall–Kier alpha value is -1.55. The minimum absolute atomic E-state index is 0.0646. The van der Waals surface area contributed by atoms with Crippen LogP contribution in [0.15, 0.2) is 18.2 Å². The Balaban J connectivity index is 2.08. The molecule has 4 nitrogen and oxygen atoms in total. The third-order valence-corrected chi connectivity index (χ3v) is 4.43. The monoisotopic (exact) mass is 292 g/mol. The minimum atomic E-state index is -0.721. The Morgan fingerprint density at radius 2 is 2.05 bits per heavy atom. The first-order valence-electron chi connectivity index (χ1n) is 7.56. The topological polar surface area (TPSA) is 66.8 Å². The molecule has 1 saturated carbocycles. The molecule has 2 unspecified atom stereocenters. The molecule has 21 heavy (non-hydrogen) atoms. The molecule has 116 valence electrons. The van der Waals surface area contributed by atoms with E-state index in [1.807, 2.05) is 13.8 Å². The Labute approximate surface area is 125 Å². The Bertz CT molecular complexity index is 490. The van der Waals surface area contributed by atoms with Gasteiger partial charge >= 0.3 is 0 Å². The number of ether oxygens (including phenoxy) is 1. The van der Waals surface area contributed by atoms with Gasteiger partial charge in [0.25, 0.3) is 0 Å². The number of phenols is 1. The molecule has 0 spiro atoms. The molecule has 1 aliphatic carbocycles. The SMILES string of the molecule is CC(C)(O)C1CCCCC1COc1cccc(O)c1C=O. The second-order valence-electron chi connectivity index (χ2n) is 6.42. The van der Waals surface area contributed by atoms with E-state index in [1.165, 1.54) is 6.07 Å². The largest absolute Gasteiger partial charge is 0.507 e. The van der Waals surface area contributed by atoms with Gasteiger partial charge in [-0.2, -0.15) is 0 Å². The van der Waals surface area contributed by atoms with E-state index in [4.69, 9.17) is 4.74 Å². The van der Waals surface area contributed by atoms with Crippen molar-refractivity contribution in [1.29, 1.82) is 0 Å². The van der Waals surface area contributed by atoms with Crippen LogP contribution in [0.2, 0.25) is 0 Å². The minimum Gasteiger partial charge on any atom is -0.507 e. The predicted molar refractivity (Wildman–Crippen MR) is 80.7 cm³/mol. The maximum Gasteiger partial charge on any atom is 0.157 e. The van der Waals surface area contributed by atoms with Crippen molar-refractivity contribution in [3.05, 3.63) is 23.8 Å². The van der Waals surface area contributed by atoms with Gasteiger partial charge in [-0.25, -0.2) is 0 Å². The van der Waals surface area contributed by atoms with Crippen LogP contribution in [-0.2, 0) is 0 Å². The van der Waals surface area contributed by atoms with Crippen molar-refractivity contribution in [2.75, 3.05) is 6.61 Å². The molecule has 0 aromatic heterocycles. The first kappa shape index (κ1) is 15.8. The number of rotatable bonds is 5. The summed E-state index contributed by atoms with van der Waals surface area (Å²) in [6, 6.07) is 4.81. The Kier molecular flexibility index (Phi) is 4.88. The summed E-state index contributed by atoms with van der Waals surface area (Å²) in [6.07, 6.45) is 4.90. The molecule has 2 atom stereocenters. The number of aromatic hydroxyl groups is 1. The zero-order valence-corrected chi connectivity index (χ0v) is 12.7. The van der Waals surface area contributed by atoms with Crippen molar-refractivity contribution < 1.29 is 19.7 Å². The number of aliphatic hydroxyl groups is 1. The normalized spacial score (nSPS) is 22.8. The molecule has 0 bridgehead atoms. The van der Waals surface area contributed by atoms with E-state index >= 15 is 0 Å². The lowest BCUT2D eigenvalue weighted by atomic mass is 9.72. The number of benzene rings is 1. The van der Waals surface area contributed by atoms with Crippen LogP contribution in [-0.4, -0.2) is 28.7 Å². The summed E-state index contributed by atoms with van der Waals surface area (Å²) >= 11 is 0. The third kappa shape index (κ3) is 3.76. The number of carbonyl (C=O) groups is 1. The number of hydrogen-bond acceptors (Lipinski definition) is 4. The average molecular weight is 292 g/mol. The summed E-state index contributed by atoms with van der Waals surface area (Å²) in [5.41, 5.74) is -0.533. The summed E-state index contributed by atoms with van der Waals surface area (Å²) in [6.45, 7) is 4.15. The van der Waals surface area contributed by atoms with Gasteiger partial charge in [-0.05, 0) is 50.7 Å². The molecule has 2 N–H and O–H groups in total. The summed E-state index contributed by atoms with van der Waals surface area (Å²) < 4.78 is 5.77. The van der Waals surface area contributed by atoms with Crippen LogP contribution in [0, 0.1) is 11.8 Å². The van der Waals surface area contributed by atoms with E-state index in [-0.39, 0.29) is 23.1 Å². The fourth-order valence-electron chi connectivity index (χ4n) is 3.31. The molecule has 1 fully saturated rings. The third-order valence-electron chi connectivity index (χ3n) is 4.43. The van der Waals surface area contributed by atoms with Crippen molar-refractivity contribution in [2.45, 2.75) is 45.1 Å². The molecule has 0 aliphatic heterocycles. The summed E-state index contributed by atoms with van der Waals surface area (Å²) in [4.78, 5) is 11.0. The number of carbonyl (C=O) groups excluding carboxylic acids is 1. The van der Waals surface area contributed by atoms with Gasteiger partial charge in [-0.15, -0.1) is 0 Å². The smallest absolute Gasteiger partial charge is 0.157 e. The van der Waals surface area contributed by atoms with Crippen LogP contribution in [0.4, 0.5) is 0 Å². The predicted octanol–water partition coefficient (Wildman–Crippen LogP) is 3.16. The fraction of sp³-hybridized carbons (Fsp3) is 0.588. The summed E-state index contributed by atoms with van der Waals surface area (Å²) in [7, 11) is 0. The van der Waals surface area contributed by atoms with E-state index in [1.54, 1.807) is 12.1 Å². The van der Waals surface area contributed by atoms with Crippen molar-refractivity contribution in [3.63, 3.8) is 0 Å². The molecule has 1 aliphatic rings. The summed E-state index contributed by atoms with van der Waals surface area (Å²) in [5, 5.41) is 20.0. The van der Waals surface area contributed by atoms with Gasteiger partial charge in [0.1, 0.15) is 11.5 Å². The molecule has 0 radical (unpaired) electrons. The zero-order valence-electron chi connectivity index (χ0n) is 12.7. The fourth-order valence-corrected chi connectivity index (χ4v) is 3.31. The van der Waals surface area contributed by atoms with Crippen LogP contribution in [0.1, 0.15) is 49.9 Å². The highest BCUT2D eigenvalue weighted by atomic mass is 16.5. The standard InChI is InChI=1S/C17H24O4/c1-17(2,20)14-7-4-3-6-12(14)11-21-16-9-5-8-15(19)13(16)10-18/h5,8-10,12,14,19-20H,3-4,6-7,11H2,1-2H3. The van der Waals surface area contributed by atoms with Gasteiger partial charge in [0, 0.05) is 0 Å². The lowest BCUT2D eigenvalue weighted by Crippen LogP contribution is -2.40. The lowest BCUT2D eigenvalue weighted by Gasteiger charge is -2.39. The van der Waals surface area contributed by atoms with Gasteiger partial charge in [0.05, 0.1) is 17.8 Å². The molecule has 0 heterocycles. The maximum absolute atomic E-state index is 11.0. The van der Waals surface area contributed by atoms with E-state index in [9.17, 15) is 15.0 Å². The molecule has 1 aromatic carbocycles. The van der Waals surface area contributed by atoms with E-state index in [0.29, 0.717) is 18.6 Å². The second-order valence-corrected chi connectivity index (χ2v) is 6.42. The molecule has 4 heteroatoms. The van der Waals surface area contributed by atoms with Gasteiger partial charge in [-0.3, -0.25) is 4.79 Å². The molecular weight excluding hydrogens is 268 g/mol. The average Bonchev–Trinajstić information content (AvgIpc) is 2.44. The molecule has 0 amide bonds. The highest BCUT2D eigenvalue weighted by Gasteiger charge is 2.36. The van der Waals surface area contributed by atoms with Crippen molar-refractivity contribution in [1.82, 2.24) is 0 Å². The van der Waals surface area contributed by atoms with Gasteiger partial charge in [0.15, 0.2) is 6.29 Å². The highest BCUT2D eigenvalue weighted by molar-refractivity contribution is 5.83. The first-order valence-corrected chi connectivity index (χ1v) is 7.56. The molecule has 0 saturated heterocycles. The van der Waals surface area contributed by atoms with E-state index in [2.05, 4.69) is 0 Å². The van der Waals surface area contributed by atoms with Crippen LogP contribution >= 0.6 is 0 Å².